The predicted octanol–water partition coefficient (Wildman–Crippen LogP) is 2.28. The van der Waals surface area contributed by atoms with E-state index in [0.717, 1.165) is 0 Å². The van der Waals surface area contributed by atoms with Crippen LogP contribution >= 0.6 is 23.2 Å². The number of piperidine rings is 1. The van der Waals surface area contributed by atoms with Gasteiger partial charge in [-0.25, -0.2) is 8.42 Å². The van der Waals surface area contributed by atoms with E-state index in [-0.39, 0.29) is 12.3 Å². The summed E-state index contributed by atoms with van der Waals surface area (Å²) in [5.41, 5.74) is 0.520. The highest BCUT2D eigenvalue weighted by Gasteiger charge is 2.28. The van der Waals surface area contributed by atoms with Gasteiger partial charge in [0.2, 0.25) is 10.0 Å². The molecule has 4 nitrogen and oxygen atoms in total. The smallest absolute Gasteiger partial charge is 0.218 e. The molecule has 1 saturated heterocycles. The molecule has 0 radical (unpaired) electrons. The van der Waals surface area contributed by atoms with Gasteiger partial charge in [0.05, 0.1) is 11.9 Å². The fourth-order valence-corrected chi connectivity index (χ4v) is 4.29. The van der Waals surface area contributed by atoms with Crippen LogP contribution in [0, 0.1) is 0 Å². The highest BCUT2D eigenvalue weighted by atomic mass is 35.5. The van der Waals surface area contributed by atoms with E-state index in [4.69, 9.17) is 23.2 Å². The van der Waals surface area contributed by atoms with Gasteiger partial charge in [-0.1, -0.05) is 29.3 Å². The topological polar surface area (TPSA) is 57.6 Å². The van der Waals surface area contributed by atoms with E-state index in [1.54, 1.807) is 12.1 Å². The standard InChI is InChI=1S/C12H15Cl2NO3S/c13-10-4-3-9(12(14)6-10)8-19(17,18)15-5-1-2-11(16)7-15/h3-4,6,11,16H,1-2,5,7-8H2. The summed E-state index contributed by atoms with van der Waals surface area (Å²) in [6.45, 7) is 0.609. The highest BCUT2D eigenvalue weighted by Crippen LogP contribution is 2.25. The van der Waals surface area contributed by atoms with E-state index >= 15 is 0 Å². The Kier molecular flexibility index (Phi) is 4.74. The van der Waals surface area contributed by atoms with E-state index in [9.17, 15) is 13.5 Å². The molecule has 1 aliphatic rings. The number of hydrogen-bond donors (Lipinski definition) is 1. The first-order valence-corrected chi connectivity index (χ1v) is 8.35. The number of hydrogen-bond acceptors (Lipinski definition) is 3. The van der Waals surface area contributed by atoms with Crippen molar-refractivity contribution in [3.63, 3.8) is 0 Å². The van der Waals surface area contributed by atoms with Crippen LogP contribution in [0.15, 0.2) is 18.2 Å². The van der Waals surface area contributed by atoms with Crippen LogP contribution in [0.25, 0.3) is 0 Å². The molecule has 1 aromatic carbocycles. The van der Waals surface area contributed by atoms with E-state index in [1.165, 1.54) is 10.4 Å². The lowest BCUT2D eigenvalue weighted by Gasteiger charge is -2.29. The van der Waals surface area contributed by atoms with E-state index in [2.05, 4.69) is 0 Å². The summed E-state index contributed by atoms with van der Waals surface area (Å²) >= 11 is 11.8. The second kappa shape index (κ2) is 5.97. The molecule has 1 unspecified atom stereocenters. The summed E-state index contributed by atoms with van der Waals surface area (Å²) in [7, 11) is -3.46. The lowest BCUT2D eigenvalue weighted by molar-refractivity contribution is 0.108. The molecule has 1 aromatic rings. The SMILES string of the molecule is O=S(=O)(Cc1ccc(Cl)cc1Cl)N1CCCC(O)C1. The van der Waals surface area contributed by atoms with Crippen LogP contribution in [0.5, 0.6) is 0 Å². The first-order valence-electron chi connectivity index (χ1n) is 5.98. The largest absolute Gasteiger partial charge is 0.392 e. The molecule has 0 spiro atoms. The molecule has 1 fully saturated rings. The first kappa shape index (κ1) is 15.1. The maximum absolute atomic E-state index is 12.3. The van der Waals surface area contributed by atoms with Crippen molar-refractivity contribution in [3.05, 3.63) is 33.8 Å². The summed E-state index contributed by atoms with van der Waals surface area (Å²) in [5, 5.41) is 10.4. The third-order valence-electron chi connectivity index (χ3n) is 3.11. The zero-order valence-corrected chi connectivity index (χ0v) is 12.5. The zero-order chi connectivity index (χ0) is 14.0. The van der Waals surface area contributed by atoms with Gasteiger partial charge in [-0.2, -0.15) is 4.31 Å². The number of halogens is 2. The molecular formula is C12H15Cl2NO3S. The summed E-state index contributed by atoms with van der Waals surface area (Å²) in [6, 6.07) is 4.75. The van der Waals surface area contributed by atoms with E-state index in [0.29, 0.717) is 35.0 Å². The van der Waals surface area contributed by atoms with Crippen molar-refractivity contribution in [2.45, 2.75) is 24.7 Å². The number of nitrogens with zero attached hydrogens (tertiary/aromatic N) is 1. The summed E-state index contributed by atoms with van der Waals surface area (Å²) in [5.74, 6) is -0.171. The molecule has 1 N–H and O–H groups in total. The van der Waals surface area contributed by atoms with Crippen molar-refractivity contribution in [2.75, 3.05) is 13.1 Å². The van der Waals surface area contributed by atoms with Crippen LogP contribution in [0.3, 0.4) is 0 Å². The molecule has 1 heterocycles. The Morgan fingerprint density at radius 3 is 2.74 bits per heavy atom. The number of benzene rings is 1. The number of sulfonamides is 1. The van der Waals surface area contributed by atoms with Gasteiger partial charge in [-0.15, -0.1) is 0 Å². The van der Waals surface area contributed by atoms with Crippen LogP contribution in [0.2, 0.25) is 10.0 Å². The summed E-state index contributed by atoms with van der Waals surface area (Å²) in [6.07, 6.45) is 0.742. The van der Waals surface area contributed by atoms with Gasteiger partial charge in [0.25, 0.3) is 0 Å². The van der Waals surface area contributed by atoms with E-state index < -0.39 is 16.1 Å². The van der Waals surface area contributed by atoms with Crippen LogP contribution < -0.4 is 0 Å². The van der Waals surface area contributed by atoms with Gasteiger partial charge in [-0.3, -0.25) is 0 Å². The number of aliphatic hydroxyl groups is 1. The normalized spacial score (nSPS) is 21.5. The Balaban J connectivity index is 2.16. The zero-order valence-electron chi connectivity index (χ0n) is 10.2. The molecule has 0 bridgehead atoms. The minimum absolute atomic E-state index is 0.160. The predicted molar refractivity (Wildman–Crippen MR) is 75.9 cm³/mol. The van der Waals surface area contributed by atoms with Crippen LogP contribution in [0.1, 0.15) is 18.4 Å². The molecule has 19 heavy (non-hydrogen) atoms. The molecule has 7 heteroatoms. The molecule has 0 saturated carbocycles. The van der Waals surface area contributed by atoms with Gasteiger partial charge in [0, 0.05) is 23.1 Å². The number of rotatable bonds is 3. The molecule has 1 aliphatic heterocycles. The van der Waals surface area contributed by atoms with Crippen molar-refractivity contribution in [1.82, 2.24) is 4.31 Å². The fourth-order valence-electron chi connectivity index (χ4n) is 2.10. The lowest BCUT2D eigenvalue weighted by Crippen LogP contribution is -2.42. The third kappa shape index (κ3) is 3.83. The molecule has 1 atom stereocenters. The molecule has 106 valence electrons. The third-order valence-corrected chi connectivity index (χ3v) is 5.49. The molecule has 0 amide bonds. The monoisotopic (exact) mass is 323 g/mol. The van der Waals surface area contributed by atoms with Gasteiger partial charge in [-0.05, 0) is 30.5 Å². The highest BCUT2D eigenvalue weighted by molar-refractivity contribution is 7.88. The molecule has 0 aromatic heterocycles. The van der Waals surface area contributed by atoms with Gasteiger partial charge < -0.3 is 5.11 Å². The van der Waals surface area contributed by atoms with Gasteiger partial charge >= 0.3 is 0 Å². The van der Waals surface area contributed by atoms with Crippen LogP contribution in [-0.4, -0.2) is 37.0 Å². The Labute approximate surface area is 123 Å². The summed E-state index contributed by atoms with van der Waals surface area (Å²) < 4.78 is 25.8. The van der Waals surface area contributed by atoms with Crippen molar-refractivity contribution in [1.29, 1.82) is 0 Å². The number of β-amino-alcohol motifs (C(OH)–C–C–N with tert-alkyl or cyclic N) is 1. The first-order chi connectivity index (χ1) is 8.88. The van der Waals surface area contributed by atoms with Crippen molar-refractivity contribution in [2.24, 2.45) is 0 Å². The fraction of sp³-hybridized carbons (Fsp3) is 0.500. The van der Waals surface area contributed by atoms with Crippen LogP contribution in [0.4, 0.5) is 0 Å². The lowest BCUT2D eigenvalue weighted by atomic mass is 10.1. The molecular weight excluding hydrogens is 309 g/mol. The minimum atomic E-state index is -3.46. The Bertz CT molecular complexity index is 562. The van der Waals surface area contributed by atoms with Crippen molar-refractivity contribution < 1.29 is 13.5 Å². The Morgan fingerprint density at radius 2 is 2.11 bits per heavy atom. The Hall–Kier alpha value is -0.330. The van der Waals surface area contributed by atoms with Gasteiger partial charge in [0.15, 0.2) is 0 Å². The van der Waals surface area contributed by atoms with E-state index in [1.807, 2.05) is 0 Å². The van der Waals surface area contributed by atoms with Gasteiger partial charge in [0.1, 0.15) is 0 Å². The quantitative estimate of drug-likeness (QED) is 0.928. The molecule has 0 aliphatic carbocycles. The average Bonchev–Trinajstić information content (AvgIpc) is 2.33. The Morgan fingerprint density at radius 1 is 1.37 bits per heavy atom. The molecule has 2 rings (SSSR count). The minimum Gasteiger partial charge on any atom is -0.392 e. The number of aliphatic hydroxyl groups excluding tert-OH is 1. The second-order valence-corrected chi connectivity index (χ2v) is 7.46. The van der Waals surface area contributed by atoms with Crippen LogP contribution in [-0.2, 0) is 15.8 Å². The summed E-state index contributed by atoms with van der Waals surface area (Å²) in [4.78, 5) is 0. The van der Waals surface area contributed by atoms with Crippen molar-refractivity contribution in [3.8, 4) is 0 Å². The maximum Gasteiger partial charge on any atom is 0.218 e. The van der Waals surface area contributed by atoms with Crippen molar-refractivity contribution >= 4 is 33.2 Å². The average molecular weight is 324 g/mol. The second-order valence-electron chi connectivity index (χ2n) is 4.65. The maximum atomic E-state index is 12.3.